The van der Waals surface area contributed by atoms with Gasteiger partial charge in [-0.3, -0.25) is 15.1 Å². The van der Waals surface area contributed by atoms with Crippen molar-refractivity contribution in [3.63, 3.8) is 0 Å². The van der Waals surface area contributed by atoms with Gasteiger partial charge in [0.05, 0.1) is 0 Å². The second kappa shape index (κ2) is 6.49. The van der Waals surface area contributed by atoms with Crippen LogP contribution in [0.5, 0.6) is 5.75 Å². The van der Waals surface area contributed by atoms with Crippen LogP contribution in [0.1, 0.15) is 15.9 Å². The molecule has 0 saturated heterocycles. The molecule has 0 aliphatic heterocycles. The Balaban J connectivity index is 1.65. The van der Waals surface area contributed by atoms with Crippen molar-refractivity contribution in [2.45, 2.75) is 6.61 Å². The molecule has 0 spiro atoms. The van der Waals surface area contributed by atoms with Gasteiger partial charge >= 0.3 is 0 Å². The fourth-order valence-corrected chi connectivity index (χ4v) is 1.82. The highest BCUT2D eigenvalue weighted by Gasteiger charge is 2.08. The second-order valence-corrected chi connectivity index (χ2v) is 4.47. The largest absolute Gasteiger partial charge is 0.489 e. The molecule has 1 aromatic carbocycles. The van der Waals surface area contributed by atoms with Crippen molar-refractivity contribution in [1.29, 1.82) is 0 Å². The summed E-state index contributed by atoms with van der Waals surface area (Å²) in [6.45, 7) is 0.390. The van der Waals surface area contributed by atoms with E-state index in [4.69, 9.17) is 4.74 Å². The Hall–Kier alpha value is -3.22. The molecule has 3 aromatic rings. The van der Waals surface area contributed by atoms with Gasteiger partial charge in [-0.15, -0.1) is 0 Å². The summed E-state index contributed by atoms with van der Waals surface area (Å²) in [7, 11) is 0. The third kappa shape index (κ3) is 3.45. The summed E-state index contributed by atoms with van der Waals surface area (Å²) in [6.07, 6.45) is 4.77. The summed E-state index contributed by atoms with van der Waals surface area (Å²) in [6, 6.07) is 10.7. The van der Waals surface area contributed by atoms with Crippen LogP contribution in [0.25, 0.3) is 0 Å². The quantitative estimate of drug-likeness (QED) is 0.751. The Morgan fingerprint density at radius 1 is 1.27 bits per heavy atom. The van der Waals surface area contributed by atoms with Crippen LogP contribution in [0.4, 0.5) is 5.95 Å². The minimum Gasteiger partial charge on any atom is -0.489 e. The Morgan fingerprint density at radius 2 is 2.23 bits per heavy atom. The summed E-state index contributed by atoms with van der Waals surface area (Å²) in [5, 5.41) is 8.84. The Bertz CT molecular complexity index is 744. The predicted octanol–water partition coefficient (Wildman–Crippen LogP) is 2.03. The third-order valence-corrected chi connectivity index (χ3v) is 2.87. The Labute approximate surface area is 126 Å². The molecule has 1 amide bonds. The lowest BCUT2D eigenvalue weighted by Gasteiger charge is -2.07. The monoisotopic (exact) mass is 295 g/mol. The highest BCUT2D eigenvalue weighted by Crippen LogP contribution is 2.15. The highest BCUT2D eigenvalue weighted by atomic mass is 16.5. The van der Waals surface area contributed by atoms with Crippen LogP contribution in [-0.2, 0) is 6.61 Å². The minimum atomic E-state index is -0.288. The summed E-state index contributed by atoms with van der Waals surface area (Å²) >= 11 is 0. The number of anilines is 1. The number of amides is 1. The first-order valence-electron chi connectivity index (χ1n) is 6.60. The van der Waals surface area contributed by atoms with Crippen LogP contribution in [0, 0.1) is 0 Å². The molecule has 0 aliphatic rings. The van der Waals surface area contributed by atoms with E-state index in [1.54, 1.807) is 36.7 Å². The number of rotatable bonds is 5. The molecule has 0 unspecified atom stereocenters. The number of nitrogens with one attached hydrogen (secondary N) is 2. The molecule has 0 aliphatic carbocycles. The van der Waals surface area contributed by atoms with Crippen molar-refractivity contribution in [1.82, 2.24) is 20.2 Å². The van der Waals surface area contributed by atoms with E-state index in [1.165, 1.54) is 6.33 Å². The van der Waals surface area contributed by atoms with E-state index in [0.29, 0.717) is 23.9 Å². The molecule has 7 heteroatoms. The maximum atomic E-state index is 12.1. The summed E-state index contributed by atoms with van der Waals surface area (Å²) in [5.74, 6) is 0.615. The van der Waals surface area contributed by atoms with Gasteiger partial charge in [-0.25, -0.2) is 5.10 Å². The number of nitrogens with zero attached hydrogens (tertiary/aromatic N) is 3. The number of hydrogen-bond donors (Lipinski definition) is 2. The van der Waals surface area contributed by atoms with Gasteiger partial charge in [0.2, 0.25) is 5.95 Å². The van der Waals surface area contributed by atoms with Gasteiger partial charge in [-0.1, -0.05) is 12.1 Å². The number of pyridine rings is 1. The molecular weight excluding hydrogens is 282 g/mol. The van der Waals surface area contributed by atoms with E-state index >= 15 is 0 Å². The fraction of sp³-hybridized carbons (Fsp3) is 0.0667. The fourth-order valence-electron chi connectivity index (χ4n) is 1.82. The lowest BCUT2D eigenvalue weighted by atomic mass is 10.2. The second-order valence-electron chi connectivity index (χ2n) is 4.47. The normalized spacial score (nSPS) is 10.2. The van der Waals surface area contributed by atoms with Crippen LogP contribution >= 0.6 is 0 Å². The standard InChI is InChI=1S/C15H13N5O2/c21-14(19-15-17-10-18-20-15)12-4-1-5-13(7-12)22-9-11-3-2-6-16-8-11/h1-8,10H,9H2,(H2,17,18,19,20,21). The van der Waals surface area contributed by atoms with Crippen LogP contribution < -0.4 is 10.1 Å². The summed E-state index contributed by atoms with van der Waals surface area (Å²) < 4.78 is 5.66. The number of ether oxygens (including phenoxy) is 1. The molecule has 0 bridgehead atoms. The number of H-pyrrole nitrogens is 1. The zero-order valence-corrected chi connectivity index (χ0v) is 11.6. The zero-order valence-electron chi connectivity index (χ0n) is 11.6. The average Bonchev–Trinajstić information content (AvgIpc) is 3.07. The smallest absolute Gasteiger partial charge is 0.258 e. The van der Waals surface area contributed by atoms with E-state index in [0.717, 1.165) is 5.56 Å². The average molecular weight is 295 g/mol. The van der Waals surface area contributed by atoms with Crippen LogP contribution in [0.3, 0.4) is 0 Å². The first-order valence-corrected chi connectivity index (χ1v) is 6.60. The predicted molar refractivity (Wildman–Crippen MR) is 79.3 cm³/mol. The van der Waals surface area contributed by atoms with E-state index in [2.05, 4.69) is 25.5 Å². The first-order chi connectivity index (χ1) is 10.8. The van der Waals surface area contributed by atoms with Crippen molar-refractivity contribution in [2.75, 3.05) is 5.32 Å². The van der Waals surface area contributed by atoms with Gasteiger partial charge in [0.1, 0.15) is 18.7 Å². The number of aromatic amines is 1. The lowest BCUT2D eigenvalue weighted by Crippen LogP contribution is -2.13. The van der Waals surface area contributed by atoms with E-state index in [-0.39, 0.29) is 5.91 Å². The molecule has 3 rings (SSSR count). The lowest BCUT2D eigenvalue weighted by molar-refractivity contribution is 0.102. The summed E-state index contributed by atoms with van der Waals surface area (Å²) in [5.41, 5.74) is 1.43. The van der Waals surface area contributed by atoms with E-state index < -0.39 is 0 Å². The van der Waals surface area contributed by atoms with Crippen LogP contribution in [-0.4, -0.2) is 26.1 Å². The number of hydrogen-bond acceptors (Lipinski definition) is 5. The van der Waals surface area contributed by atoms with Crippen molar-refractivity contribution < 1.29 is 9.53 Å². The number of carbonyl (C=O) groups is 1. The van der Waals surface area contributed by atoms with Gasteiger partial charge in [0.15, 0.2) is 0 Å². The highest BCUT2D eigenvalue weighted by molar-refractivity contribution is 6.03. The molecular formula is C15H13N5O2. The number of carbonyl (C=O) groups excluding carboxylic acids is 1. The zero-order chi connectivity index (χ0) is 15.2. The first kappa shape index (κ1) is 13.7. The molecule has 0 saturated carbocycles. The molecule has 0 fully saturated rings. The molecule has 2 aromatic heterocycles. The van der Waals surface area contributed by atoms with Crippen molar-refractivity contribution in [3.05, 3.63) is 66.2 Å². The molecule has 110 valence electrons. The Kier molecular flexibility index (Phi) is 4.05. The van der Waals surface area contributed by atoms with Crippen LogP contribution in [0.2, 0.25) is 0 Å². The molecule has 7 nitrogen and oxygen atoms in total. The third-order valence-electron chi connectivity index (χ3n) is 2.87. The van der Waals surface area contributed by atoms with E-state index in [9.17, 15) is 4.79 Å². The van der Waals surface area contributed by atoms with Gasteiger partial charge in [-0.05, 0) is 24.3 Å². The molecule has 2 heterocycles. The number of benzene rings is 1. The maximum absolute atomic E-state index is 12.1. The van der Waals surface area contributed by atoms with Gasteiger partial charge in [0.25, 0.3) is 5.91 Å². The van der Waals surface area contributed by atoms with Crippen molar-refractivity contribution in [2.24, 2.45) is 0 Å². The molecule has 2 N–H and O–H groups in total. The topological polar surface area (TPSA) is 92.8 Å². The number of aromatic nitrogens is 4. The molecule has 0 radical (unpaired) electrons. The molecule has 0 atom stereocenters. The van der Waals surface area contributed by atoms with Crippen LogP contribution in [0.15, 0.2) is 55.1 Å². The van der Waals surface area contributed by atoms with Crippen molar-refractivity contribution >= 4 is 11.9 Å². The van der Waals surface area contributed by atoms with E-state index in [1.807, 2.05) is 12.1 Å². The van der Waals surface area contributed by atoms with Gasteiger partial charge < -0.3 is 4.74 Å². The van der Waals surface area contributed by atoms with Gasteiger partial charge in [0, 0.05) is 23.5 Å². The van der Waals surface area contributed by atoms with Gasteiger partial charge in [-0.2, -0.15) is 10.1 Å². The minimum absolute atomic E-state index is 0.288. The Morgan fingerprint density at radius 3 is 3.00 bits per heavy atom. The molecule has 22 heavy (non-hydrogen) atoms. The summed E-state index contributed by atoms with van der Waals surface area (Å²) in [4.78, 5) is 19.9. The SMILES string of the molecule is O=C(Nc1ncn[nH]1)c1cccc(OCc2cccnc2)c1. The maximum Gasteiger partial charge on any atom is 0.258 e. The van der Waals surface area contributed by atoms with Crippen molar-refractivity contribution in [3.8, 4) is 5.75 Å².